The maximum Gasteiger partial charge on any atom is 0.339 e. The van der Waals surface area contributed by atoms with Crippen LogP contribution in [-0.2, 0) is 48.1 Å². The van der Waals surface area contributed by atoms with Crippen molar-refractivity contribution >= 4 is 35.1 Å². The van der Waals surface area contributed by atoms with Gasteiger partial charge in [-0.2, -0.15) is 0 Å². The molecule has 0 saturated heterocycles. The van der Waals surface area contributed by atoms with Crippen LogP contribution in [-0.4, -0.2) is 86.1 Å². The molecule has 342 valence electrons. The van der Waals surface area contributed by atoms with Gasteiger partial charge in [-0.1, -0.05) is 12.1 Å². The number of rotatable bonds is 7. The Bertz CT molecular complexity index is 3220. The molecule has 0 saturated carbocycles. The molecule has 6 aromatic carbocycles. The van der Waals surface area contributed by atoms with Crippen LogP contribution in [0.15, 0.2) is 48.5 Å². The third-order valence-electron chi connectivity index (χ3n) is 13.8. The molecule has 0 fully saturated rings. The fourth-order valence-electron chi connectivity index (χ4n) is 11.3. The molecule has 0 amide bonds. The first-order valence-electron chi connectivity index (χ1n) is 21.4. The van der Waals surface area contributed by atoms with Crippen LogP contribution in [0, 0.1) is 0 Å². The van der Waals surface area contributed by atoms with Crippen molar-refractivity contribution in [2.45, 2.75) is 64.2 Å². The Balaban J connectivity index is 1.33. The highest BCUT2D eigenvalue weighted by Gasteiger charge is 2.48. The van der Waals surface area contributed by atoms with Gasteiger partial charge in [-0.15, -0.1) is 0 Å². The fourth-order valence-corrected chi connectivity index (χ4v) is 11.3. The summed E-state index contributed by atoms with van der Waals surface area (Å²) in [6, 6.07) is 9.95. The molecule has 10 N–H and O–H groups in total. The van der Waals surface area contributed by atoms with Gasteiger partial charge >= 0.3 is 11.9 Å². The molecule has 2 atom stereocenters. The van der Waals surface area contributed by atoms with Gasteiger partial charge < -0.3 is 51.1 Å². The first kappa shape index (κ1) is 43.2. The van der Waals surface area contributed by atoms with Crippen molar-refractivity contribution in [3.8, 4) is 68.2 Å². The Hall–Kier alpha value is -8.66. The lowest BCUT2D eigenvalue weighted by molar-refractivity contribution is -0.117. The monoisotopic (exact) mass is 918 g/mol. The van der Waals surface area contributed by atoms with Crippen molar-refractivity contribution in [2.75, 3.05) is 0 Å². The zero-order valence-electron chi connectivity index (χ0n) is 35.9. The number of carbonyl (C=O) groups excluding carboxylic acids is 4. The number of fused-ring (bicyclic) bond motifs is 10. The van der Waals surface area contributed by atoms with E-state index >= 15 is 0 Å². The van der Waals surface area contributed by atoms with E-state index in [0.29, 0.717) is 11.1 Å². The number of aryl methyl sites for hydroxylation is 2. The molecular formula is C52H38O16. The number of carbonyl (C=O) groups is 6. The summed E-state index contributed by atoms with van der Waals surface area (Å²) >= 11 is 0. The first-order valence-corrected chi connectivity index (χ1v) is 21.4. The molecule has 2 unspecified atom stereocenters. The quantitative estimate of drug-likeness (QED) is 0.0809. The minimum atomic E-state index is -1.55. The van der Waals surface area contributed by atoms with Crippen LogP contribution in [0.5, 0.6) is 46.0 Å². The highest BCUT2D eigenvalue weighted by molar-refractivity contribution is 6.19. The number of hydrogen-bond acceptors (Lipinski definition) is 14. The van der Waals surface area contributed by atoms with E-state index in [-0.39, 0.29) is 128 Å². The number of Topliss-reactive ketones (excluding diaryl/α,β-unsaturated/α-hetero) is 2. The van der Waals surface area contributed by atoms with Gasteiger partial charge in [0, 0.05) is 59.1 Å². The van der Waals surface area contributed by atoms with Gasteiger partial charge in [-0.05, 0) is 119 Å². The molecule has 4 aliphatic carbocycles. The number of carboxylic acid groups (broad SMARTS) is 2. The number of ketones is 4. The molecule has 16 heteroatoms. The van der Waals surface area contributed by atoms with Gasteiger partial charge in [0.15, 0.2) is 0 Å². The zero-order chi connectivity index (χ0) is 48.7. The van der Waals surface area contributed by atoms with Gasteiger partial charge in [0.2, 0.25) is 11.6 Å². The Kier molecular flexibility index (Phi) is 9.50. The molecule has 16 nitrogen and oxygen atoms in total. The Labute approximate surface area is 383 Å². The second kappa shape index (κ2) is 14.9. The third kappa shape index (κ3) is 6.06. The van der Waals surface area contributed by atoms with E-state index in [0.717, 1.165) is 24.3 Å². The van der Waals surface area contributed by atoms with Crippen LogP contribution in [0.2, 0.25) is 0 Å². The molecule has 0 bridgehead atoms. The van der Waals surface area contributed by atoms with Crippen LogP contribution in [0.4, 0.5) is 0 Å². The van der Waals surface area contributed by atoms with E-state index in [9.17, 15) is 79.8 Å². The lowest BCUT2D eigenvalue weighted by Crippen LogP contribution is -2.30. The summed E-state index contributed by atoms with van der Waals surface area (Å²) in [6.45, 7) is 2.52. The number of benzene rings is 6. The van der Waals surface area contributed by atoms with Crippen molar-refractivity contribution in [1.82, 2.24) is 0 Å². The van der Waals surface area contributed by atoms with Gasteiger partial charge in [0.25, 0.3) is 0 Å². The Morgan fingerprint density at radius 2 is 0.809 bits per heavy atom. The number of aromatic carboxylic acids is 2. The van der Waals surface area contributed by atoms with Crippen LogP contribution in [0.1, 0.15) is 134 Å². The summed E-state index contributed by atoms with van der Waals surface area (Å²) in [4.78, 5) is 79.5. The van der Waals surface area contributed by atoms with Crippen molar-refractivity contribution in [3.05, 3.63) is 138 Å². The first-order chi connectivity index (χ1) is 32.2. The minimum absolute atomic E-state index is 0.0307. The van der Waals surface area contributed by atoms with Gasteiger partial charge in [0.1, 0.15) is 68.7 Å². The van der Waals surface area contributed by atoms with E-state index in [2.05, 4.69) is 0 Å². The third-order valence-corrected chi connectivity index (χ3v) is 13.8. The summed E-state index contributed by atoms with van der Waals surface area (Å²) in [5.41, 5.74) is -1.80. The molecule has 4 aliphatic rings. The second-order valence-electron chi connectivity index (χ2n) is 17.9. The lowest BCUT2D eigenvalue weighted by Gasteiger charge is -2.40. The van der Waals surface area contributed by atoms with Gasteiger partial charge in [0.05, 0.1) is 22.3 Å². The molecule has 0 aliphatic heterocycles. The predicted octanol–water partition coefficient (Wildman–Crippen LogP) is 6.57. The van der Waals surface area contributed by atoms with Crippen LogP contribution in [0.25, 0.3) is 22.3 Å². The molecule has 0 aromatic heterocycles. The molecule has 0 heterocycles. The largest absolute Gasteiger partial charge is 0.508 e. The van der Waals surface area contributed by atoms with E-state index in [1.807, 2.05) is 0 Å². The molecule has 10 rings (SSSR count). The van der Waals surface area contributed by atoms with Crippen molar-refractivity contribution in [2.24, 2.45) is 0 Å². The molecule has 0 radical (unpaired) electrons. The van der Waals surface area contributed by atoms with Crippen LogP contribution in [0.3, 0.4) is 0 Å². The predicted molar refractivity (Wildman–Crippen MR) is 238 cm³/mol. The van der Waals surface area contributed by atoms with E-state index in [4.69, 9.17) is 0 Å². The molecule has 6 aromatic rings. The smallest absolute Gasteiger partial charge is 0.339 e. The molecular weight excluding hydrogens is 881 g/mol. The van der Waals surface area contributed by atoms with E-state index in [1.165, 1.54) is 38.1 Å². The summed E-state index contributed by atoms with van der Waals surface area (Å²) in [5, 5.41) is 114. The standard InChI is InChI=1S/C52H38O16/c1-17(53)7-21-9-19-3-5-25-27(35(19)47(61)37(21)51(65)66)15-31-39(29-11-23(55)13-33(57)41(29)49(63)43(31)45(25)59)40-30-12-24(56)14-34(58)42(30)50(64)44-32(40)16-28-26(46(44)60)6-4-20-10-22(8-18(2)54)38(52(67)68)48(62)36(20)28/h9-16,39-40,55-62H,3-8H2,1-2H3,(H,65,66)(H,67,68). The highest BCUT2D eigenvalue weighted by Crippen LogP contribution is 2.60. The summed E-state index contributed by atoms with van der Waals surface area (Å²) < 4.78 is 0. The second-order valence-corrected chi connectivity index (χ2v) is 17.9. The van der Waals surface area contributed by atoms with Gasteiger partial charge in [-0.25, -0.2) is 9.59 Å². The SMILES string of the molecule is CC(=O)Cc1cc2c(c(O)c1C(=O)O)-c1cc3c(c(O)c1CC2)C(=O)c1c(O)cc(O)cc1C3C1c2cc(O)cc(O)c2C(=O)c2c1cc1c(c2O)CCc2cc(CC(C)=O)c(C(=O)O)c(O)c2-1. The number of phenols is 8. The number of aromatic hydroxyl groups is 8. The van der Waals surface area contributed by atoms with Crippen molar-refractivity contribution in [3.63, 3.8) is 0 Å². The van der Waals surface area contributed by atoms with Crippen molar-refractivity contribution < 1.29 is 79.8 Å². The maximum atomic E-state index is 14.8. The Morgan fingerprint density at radius 1 is 0.456 bits per heavy atom. The lowest BCUT2D eigenvalue weighted by atomic mass is 9.62. The average molecular weight is 919 g/mol. The van der Waals surface area contributed by atoms with E-state index in [1.54, 1.807) is 0 Å². The normalized spacial score (nSPS) is 16.0. The summed E-state index contributed by atoms with van der Waals surface area (Å²) in [6.07, 6.45) is -0.328. The Morgan fingerprint density at radius 3 is 1.15 bits per heavy atom. The minimum Gasteiger partial charge on any atom is -0.508 e. The van der Waals surface area contributed by atoms with Crippen LogP contribution >= 0.6 is 0 Å². The van der Waals surface area contributed by atoms with E-state index < -0.39 is 104 Å². The van der Waals surface area contributed by atoms with Crippen molar-refractivity contribution in [1.29, 1.82) is 0 Å². The fraction of sp³-hybridized carbons (Fsp3) is 0.192. The highest BCUT2D eigenvalue weighted by atomic mass is 16.4. The summed E-state index contributed by atoms with van der Waals surface area (Å²) in [5.74, 6) is -13.8. The summed E-state index contributed by atoms with van der Waals surface area (Å²) in [7, 11) is 0. The average Bonchev–Trinajstić information content (AvgIpc) is 3.22. The molecule has 0 spiro atoms. The number of carboxylic acids is 2. The number of phenolic OH excluding ortho intramolecular Hbond substituents is 6. The van der Waals surface area contributed by atoms with Gasteiger partial charge in [-0.3, -0.25) is 19.2 Å². The molecule has 68 heavy (non-hydrogen) atoms. The zero-order valence-corrected chi connectivity index (χ0v) is 35.9. The number of hydrogen-bond donors (Lipinski definition) is 10. The van der Waals surface area contributed by atoms with Crippen LogP contribution < -0.4 is 0 Å². The topological polar surface area (TPSA) is 305 Å². The maximum absolute atomic E-state index is 14.8.